The van der Waals surface area contributed by atoms with Gasteiger partial charge in [-0.05, 0) is 92.2 Å². The minimum Gasteiger partial charge on any atom is -0.502 e. The lowest BCUT2D eigenvalue weighted by Gasteiger charge is -2.58. The van der Waals surface area contributed by atoms with Crippen molar-refractivity contribution >= 4 is 23.3 Å². The van der Waals surface area contributed by atoms with Gasteiger partial charge < -0.3 is 25.1 Å². The van der Waals surface area contributed by atoms with Crippen LogP contribution in [0.1, 0.15) is 70.8 Å². The van der Waals surface area contributed by atoms with Gasteiger partial charge in [0.25, 0.3) is 5.91 Å². The Morgan fingerprint density at radius 2 is 1.95 bits per heavy atom. The number of terminal acetylenes is 1. The molecule has 5 rings (SSSR count). The van der Waals surface area contributed by atoms with E-state index in [-0.39, 0.29) is 17.3 Å². The number of phenolic OH excluding ortho intramolecular Hbond substituents is 1. The summed E-state index contributed by atoms with van der Waals surface area (Å²) >= 11 is 0. The first-order valence-corrected chi connectivity index (χ1v) is 15.3. The Labute approximate surface area is 257 Å². The number of carbonyl (C=O) groups excluding carboxylic acids is 2. The van der Waals surface area contributed by atoms with E-state index in [9.17, 15) is 29.9 Å². The molecule has 0 spiro atoms. The predicted octanol–water partition coefficient (Wildman–Crippen LogP) is 4.20. The van der Waals surface area contributed by atoms with E-state index in [4.69, 9.17) is 16.0 Å². The lowest BCUT2D eigenvalue weighted by atomic mass is 9.46. The van der Waals surface area contributed by atoms with Crippen molar-refractivity contribution in [3.05, 3.63) is 45.5 Å². The van der Waals surface area contributed by atoms with E-state index in [2.05, 4.69) is 36.3 Å². The Morgan fingerprint density at radius 1 is 1.20 bits per heavy atom. The molecule has 0 heterocycles. The molecule has 3 fully saturated rings. The number of hydrogen-bond donors (Lipinski definition) is 3. The van der Waals surface area contributed by atoms with Crippen LogP contribution in [-0.2, 0) is 25.6 Å². The summed E-state index contributed by atoms with van der Waals surface area (Å²) in [4.78, 5) is 40.8. The number of ether oxygens (including phenoxy) is 1. The molecule has 7 atom stereocenters. The third-order valence-corrected chi connectivity index (χ3v) is 11.2. The molecule has 0 radical (unpaired) electrons. The number of allylic oxidation sites excluding steroid dienone is 2. The van der Waals surface area contributed by atoms with Gasteiger partial charge in [0.1, 0.15) is 11.6 Å². The van der Waals surface area contributed by atoms with E-state index in [1.54, 1.807) is 0 Å². The molecular weight excluding hydrogens is 566 g/mol. The van der Waals surface area contributed by atoms with Crippen molar-refractivity contribution in [2.45, 2.75) is 83.3 Å². The molecule has 44 heavy (non-hydrogen) atoms. The van der Waals surface area contributed by atoms with E-state index >= 15 is 0 Å². The summed E-state index contributed by atoms with van der Waals surface area (Å²) in [5.41, 5.74) is 0.796. The average molecular weight is 608 g/mol. The van der Waals surface area contributed by atoms with E-state index in [0.717, 1.165) is 56.4 Å². The Hall–Kier alpha value is -3.91. The number of nitrogens with one attached hydrogen (secondary N) is 1. The zero-order valence-corrected chi connectivity index (χ0v) is 25.5. The number of phenols is 1. The van der Waals surface area contributed by atoms with Crippen LogP contribution in [0.15, 0.2) is 35.0 Å². The van der Waals surface area contributed by atoms with Crippen LogP contribution in [0.4, 0.5) is 5.69 Å². The number of nitro groups is 1. The van der Waals surface area contributed by atoms with Gasteiger partial charge in [0.2, 0.25) is 0 Å². The number of carbonyl (C=O) groups is 2. The van der Waals surface area contributed by atoms with Crippen molar-refractivity contribution in [3.63, 3.8) is 0 Å². The zero-order chi connectivity index (χ0) is 31.9. The SMILES string of the molecule is C#C[C@@]1(O)CC[C@@H]2[C@@H]3CCC4=C/C(=N/OCC(=O)N[C@H](Cc5ccc(O)c([N+](=O)[O-])c5)C(=O)OC)CC[C@]4(C)[C@H]3CC[C@@]21C. The highest BCUT2D eigenvalue weighted by Gasteiger charge is 2.63. The summed E-state index contributed by atoms with van der Waals surface area (Å²) in [6.45, 7) is 4.14. The van der Waals surface area contributed by atoms with Crippen LogP contribution in [0.25, 0.3) is 0 Å². The van der Waals surface area contributed by atoms with Gasteiger partial charge in [0.15, 0.2) is 12.4 Å². The van der Waals surface area contributed by atoms with Crippen LogP contribution >= 0.6 is 0 Å². The van der Waals surface area contributed by atoms with Crippen LogP contribution < -0.4 is 5.32 Å². The number of benzene rings is 1. The second-order valence-electron chi connectivity index (χ2n) is 13.3. The highest BCUT2D eigenvalue weighted by Crippen LogP contribution is 2.67. The van der Waals surface area contributed by atoms with Gasteiger partial charge in [-0.1, -0.05) is 36.6 Å². The van der Waals surface area contributed by atoms with Crippen LogP contribution in [-0.4, -0.2) is 58.1 Å². The molecule has 11 nitrogen and oxygen atoms in total. The van der Waals surface area contributed by atoms with Gasteiger partial charge in [-0.2, -0.15) is 0 Å². The van der Waals surface area contributed by atoms with Crippen LogP contribution in [0.2, 0.25) is 0 Å². The predicted molar refractivity (Wildman–Crippen MR) is 161 cm³/mol. The zero-order valence-electron chi connectivity index (χ0n) is 25.5. The number of esters is 1. The first-order chi connectivity index (χ1) is 20.8. The molecule has 11 heteroatoms. The number of oxime groups is 1. The number of nitro benzene ring substituents is 1. The number of aromatic hydroxyl groups is 1. The minimum atomic E-state index is -1.12. The van der Waals surface area contributed by atoms with Crippen LogP contribution in [0.5, 0.6) is 5.75 Å². The number of aliphatic hydroxyl groups is 1. The van der Waals surface area contributed by atoms with E-state index in [1.807, 2.05) is 0 Å². The summed E-state index contributed by atoms with van der Waals surface area (Å²) in [6, 6.07) is 2.63. The molecule has 4 aliphatic carbocycles. The Balaban J connectivity index is 1.20. The average Bonchev–Trinajstić information content (AvgIpc) is 3.27. The molecule has 236 valence electrons. The molecule has 3 N–H and O–H groups in total. The maximum Gasteiger partial charge on any atom is 0.328 e. The third kappa shape index (κ3) is 5.45. The quantitative estimate of drug-likeness (QED) is 0.172. The maximum absolute atomic E-state index is 12.6. The number of rotatable bonds is 8. The Bertz CT molecular complexity index is 1450. The van der Waals surface area contributed by atoms with Gasteiger partial charge in [0, 0.05) is 17.9 Å². The van der Waals surface area contributed by atoms with Gasteiger partial charge in [-0.25, -0.2) is 4.79 Å². The molecule has 0 saturated heterocycles. The Morgan fingerprint density at radius 3 is 2.66 bits per heavy atom. The molecule has 1 amide bonds. The van der Waals surface area contributed by atoms with Gasteiger partial charge in [-0.3, -0.25) is 14.9 Å². The molecule has 3 saturated carbocycles. The second-order valence-corrected chi connectivity index (χ2v) is 13.3. The van der Waals surface area contributed by atoms with Crippen molar-refractivity contribution in [2.75, 3.05) is 13.7 Å². The van der Waals surface area contributed by atoms with Crippen molar-refractivity contribution < 1.29 is 34.3 Å². The first kappa shape index (κ1) is 31.5. The summed E-state index contributed by atoms with van der Waals surface area (Å²) in [6.07, 6.45) is 15.1. The largest absolute Gasteiger partial charge is 0.502 e. The number of amides is 1. The van der Waals surface area contributed by atoms with Crippen LogP contribution in [0.3, 0.4) is 0 Å². The van der Waals surface area contributed by atoms with E-state index in [0.29, 0.717) is 36.2 Å². The summed E-state index contributed by atoms with van der Waals surface area (Å²) in [5, 5.41) is 38.9. The second kappa shape index (κ2) is 11.9. The van der Waals surface area contributed by atoms with Gasteiger partial charge >= 0.3 is 11.7 Å². The number of fused-ring (bicyclic) bond motifs is 5. The van der Waals surface area contributed by atoms with Crippen LogP contribution in [0, 0.1) is 51.0 Å². The van der Waals surface area contributed by atoms with Crippen molar-refractivity contribution in [1.82, 2.24) is 5.32 Å². The van der Waals surface area contributed by atoms with E-state index in [1.165, 1.54) is 18.7 Å². The third-order valence-electron chi connectivity index (χ3n) is 11.2. The van der Waals surface area contributed by atoms with E-state index < -0.39 is 46.5 Å². The molecule has 4 aliphatic rings. The molecule has 0 aromatic heterocycles. The van der Waals surface area contributed by atoms with Gasteiger partial charge in [-0.15, -0.1) is 6.42 Å². The molecule has 0 bridgehead atoms. The fourth-order valence-electron chi connectivity index (χ4n) is 8.72. The lowest BCUT2D eigenvalue weighted by molar-refractivity contribution is -0.385. The fourth-order valence-corrected chi connectivity index (χ4v) is 8.72. The molecule has 1 aromatic carbocycles. The lowest BCUT2D eigenvalue weighted by Crippen LogP contribution is -2.54. The maximum atomic E-state index is 12.6. The summed E-state index contributed by atoms with van der Waals surface area (Å²) in [7, 11) is 1.18. The van der Waals surface area contributed by atoms with Crippen molar-refractivity contribution in [2.24, 2.45) is 33.7 Å². The smallest absolute Gasteiger partial charge is 0.328 e. The highest BCUT2D eigenvalue weighted by molar-refractivity contribution is 5.96. The highest BCUT2D eigenvalue weighted by atomic mass is 16.6. The summed E-state index contributed by atoms with van der Waals surface area (Å²) < 4.78 is 4.79. The van der Waals surface area contributed by atoms with Crippen molar-refractivity contribution in [3.8, 4) is 18.1 Å². The minimum absolute atomic E-state index is 0.0501. The first-order valence-electron chi connectivity index (χ1n) is 15.3. The topological polar surface area (TPSA) is 161 Å². The van der Waals surface area contributed by atoms with Gasteiger partial charge in [0.05, 0.1) is 17.7 Å². The number of nitrogens with zero attached hydrogens (tertiary/aromatic N) is 2. The monoisotopic (exact) mass is 607 g/mol. The normalized spacial score (nSPS) is 33.9. The fraction of sp³-hybridized carbons (Fsp3) is 0.606. The molecular formula is C33H41N3O8. The molecule has 0 unspecified atom stereocenters. The number of hydrogen-bond acceptors (Lipinski definition) is 9. The summed E-state index contributed by atoms with van der Waals surface area (Å²) in [5.74, 6) is 2.41. The molecule has 1 aromatic rings. The number of methoxy groups -OCH3 is 1. The Kier molecular flexibility index (Phi) is 8.51. The molecule has 0 aliphatic heterocycles. The van der Waals surface area contributed by atoms with Crippen molar-refractivity contribution in [1.29, 1.82) is 0 Å². The standard InChI is InChI=1S/C33H41N3O8/c1-5-33(40)15-12-25-23-8-7-21-18-22(10-13-31(21,2)24(23)11-14-32(25,33)3)35-44-19-29(38)34-26(30(39)43-4)16-20-6-9-28(37)27(17-20)36(41)42/h1,6,9,17-18,23-26,37,40H,7-8,10-16,19H2,2-4H3,(H,34,38)/b35-22+/t23-,24+,25-,26-,31+,32+,33-/m1/s1.